The highest BCUT2D eigenvalue weighted by molar-refractivity contribution is 7.09. The molecule has 0 bridgehead atoms. The Morgan fingerprint density at radius 2 is 2.20 bits per heavy atom. The number of rotatable bonds is 6. The summed E-state index contributed by atoms with van der Waals surface area (Å²) in [7, 11) is 0. The van der Waals surface area contributed by atoms with Gasteiger partial charge in [0, 0.05) is 36.7 Å². The number of anilines is 2. The Morgan fingerprint density at radius 3 is 2.85 bits per heavy atom. The summed E-state index contributed by atoms with van der Waals surface area (Å²) in [5.41, 5.74) is 6.10. The van der Waals surface area contributed by atoms with Crippen LogP contribution < -0.4 is 15.8 Å². The van der Waals surface area contributed by atoms with Crippen molar-refractivity contribution >= 4 is 22.7 Å². The van der Waals surface area contributed by atoms with Gasteiger partial charge in [0.25, 0.3) is 0 Å². The van der Waals surface area contributed by atoms with E-state index in [0.29, 0.717) is 18.7 Å². The van der Waals surface area contributed by atoms with Gasteiger partial charge in [-0.2, -0.15) is 8.78 Å². The molecule has 1 aromatic carbocycles. The number of benzene rings is 1. The topological polar surface area (TPSA) is 60.2 Å². The highest BCUT2D eigenvalue weighted by atomic mass is 32.1. The Hall–Kier alpha value is -1.96. The first-order valence-corrected chi connectivity index (χ1v) is 6.60. The lowest BCUT2D eigenvalue weighted by Gasteiger charge is -2.12. The Bertz CT molecular complexity index is 563. The number of nitrogen functional groups attached to an aromatic ring is 1. The predicted octanol–water partition coefficient (Wildman–Crippen LogP) is 3.12. The van der Waals surface area contributed by atoms with Crippen molar-refractivity contribution in [2.45, 2.75) is 13.0 Å². The zero-order valence-corrected chi connectivity index (χ0v) is 11.1. The summed E-state index contributed by atoms with van der Waals surface area (Å²) < 4.78 is 41.7. The van der Waals surface area contributed by atoms with Crippen molar-refractivity contribution in [2.24, 2.45) is 0 Å². The van der Waals surface area contributed by atoms with Gasteiger partial charge in [-0.15, -0.1) is 11.3 Å². The minimum Gasteiger partial charge on any atom is -0.432 e. The van der Waals surface area contributed by atoms with E-state index in [0.717, 1.165) is 17.1 Å². The summed E-state index contributed by atoms with van der Waals surface area (Å²) in [6.07, 6.45) is 2.35. The fourth-order valence-corrected chi connectivity index (χ4v) is 2.21. The molecule has 108 valence electrons. The Labute approximate surface area is 117 Å². The second-order valence-electron chi connectivity index (χ2n) is 3.85. The van der Waals surface area contributed by atoms with Gasteiger partial charge in [-0.1, -0.05) is 0 Å². The summed E-state index contributed by atoms with van der Waals surface area (Å²) in [6.45, 7) is -2.59. The molecule has 2 rings (SSSR count). The molecule has 0 spiro atoms. The standard InChI is InChI=1S/C12H12F3N3OS/c13-7-5-8(16)9(6-10(7)19-12(14)15)17-2-1-11-18-3-4-20-11/h3-6,12,17H,1-2,16H2. The van der Waals surface area contributed by atoms with E-state index in [9.17, 15) is 13.2 Å². The zero-order valence-electron chi connectivity index (χ0n) is 10.3. The average molecular weight is 303 g/mol. The number of nitrogens with one attached hydrogen (secondary N) is 1. The third kappa shape index (κ3) is 3.77. The average Bonchev–Trinajstić information content (AvgIpc) is 2.87. The smallest absolute Gasteiger partial charge is 0.387 e. The molecule has 0 aliphatic carbocycles. The zero-order chi connectivity index (χ0) is 14.5. The number of ether oxygens (including phenoxy) is 1. The minimum absolute atomic E-state index is 0.128. The highest BCUT2D eigenvalue weighted by Gasteiger charge is 2.13. The van der Waals surface area contributed by atoms with Crippen molar-refractivity contribution in [1.82, 2.24) is 4.98 Å². The van der Waals surface area contributed by atoms with E-state index in [1.54, 1.807) is 6.20 Å². The number of thiazole rings is 1. The SMILES string of the molecule is Nc1cc(F)c(OC(F)F)cc1NCCc1nccs1. The van der Waals surface area contributed by atoms with E-state index >= 15 is 0 Å². The maximum atomic E-state index is 13.4. The minimum atomic E-state index is -3.09. The Balaban J connectivity index is 2.02. The first kappa shape index (κ1) is 14.4. The largest absolute Gasteiger partial charge is 0.432 e. The third-order valence-electron chi connectivity index (χ3n) is 2.46. The third-order valence-corrected chi connectivity index (χ3v) is 3.30. The monoisotopic (exact) mass is 303 g/mol. The van der Waals surface area contributed by atoms with E-state index in [-0.39, 0.29) is 5.69 Å². The number of hydrogen-bond donors (Lipinski definition) is 2. The van der Waals surface area contributed by atoms with Gasteiger partial charge in [-0.3, -0.25) is 0 Å². The van der Waals surface area contributed by atoms with Gasteiger partial charge in [0.15, 0.2) is 11.6 Å². The molecule has 0 aliphatic heterocycles. The van der Waals surface area contributed by atoms with Crippen LogP contribution in [0.25, 0.3) is 0 Å². The second-order valence-corrected chi connectivity index (χ2v) is 4.83. The summed E-state index contributed by atoms with van der Waals surface area (Å²) >= 11 is 1.51. The maximum absolute atomic E-state index is 13.4. The molecule has 20 heavy (non-hydrogen) atoms. The summed E-state index contributed by atoms with van der Waals surface area (Å²) in [4.78, 5) is 4.10. The molecule has 8 heteroatoms. The van der Waals surface area contributed by atoms with Crippen LogP contribution in [0, 0.1) is 5.82 Å². The van der Waals surface area contributed by atoms with Crippen molar-refractivity contribution < 1.29 is 17.9 Å². The Morgan fingerprint density at radius 1 is 1.40 bits per heavy atom. The number of hydrogen-bond acceptors (Lipinski definition) is 5. The summed E-state index contributed by atoms with van der Waals surface area (Å²) in [6, 6.07) is 2.07. The van der Waals surface area contributed by atoms with Gasteiger partial charge < -0.3 is 15.8 Å². The van der Waals surface area contributed by atoms with Crippen LogP contribution in [0.4, 0.5) is 24.5 Å². The highest BCUT2D eigenvalue weighted by Crippen LogP contribution is 2.29. The molecule has 0 atom stereocenters. The number of nitrogens with zero attached hydrogens (tertiary/aromatic N) is 1. The van der Waals surface area contributed by atoms with Gasteiger partial charge in [-0.25, -0.2) is 9.37 Å². The lowest BCUT2D eigenvalue weighted by molar-refractivity contribution is -0.0521. The molecular weight excluding hydrogens is 291 g/mol. The quantitative estimate of drug-likeness (QED) is 0.805. The number of aromatic nitrogens is 1. The molecule has 0 radical (unpaired) electrons. The van der Waals surface area contributed by atoms with Gasteiger partial charge in [0.2, 0.25) is 0 Å². The van der Waals surface area contributed by atoms with Crippen LogP contribution >= 0.6 is 11.3 Å². The second kappa shape index (κ2) is 6.47. The fraction of sp³-hybridized carbons (Fsp3) is 0.250. The molecule has 2 aromatic rings. The lowest BCUT2D eigenvalue weighted by Crippen LogP contribution is -2.09. The van der Waals surface area contributed by atoms with Gasteiger partial charge in [-0.05, 0) is 0 Å². The van der Waals surface area contributed by atoms with Crippen molar-refractivity contribution in [3.8, 4) is 5.75 Å². The maximum Gasteiger partial charge on any atom is 0.387 e. The van der Waals surface area contributed by atoms with Crippen molar-refractivity contribution in [2.75, 3.05) is 17.6 Å². The van der Waals surface area contributed by atoms with Gasteiger partial charge >= 0.3 is 6.61 Å². The van der Waals surface area contributed by atoms with Crippen molar-refractivity contribution in [3.05, 3.63) is 34.5 Å². The Kier molecular flexibility index (Phi) is 4.67. The van der Waals surface area contributed by atoms with Crippen LogP contribution in [0.3, 0.4) is 0 Å². The van der Waals surface area contributed by atoms with Crippen LogP contribution in [0.2, 0.25) is 0 Å². The molecule has 0 amide bonds. The molecule has 1 aromatic heterocycles. The van der Waals surface area contributed by atoms with E-state index in [4.69, 9.17) is 5.73 Å². The van der Waals surface area contributed by atoms with Crippen LogP contribution in [0.5, 0.6) is 5.75 Å². The van der Waals surface area contributed by atoms with Crippen molar-refractivity contribution in [3.63, 3.8) is 0 Å². The molecule has 4 nitrogen and oxygen atoms in total. The summed E-state index contributed by atoms with van der Waals surface area (Å²) in [5, 5.41) is 5.73. The van der Waals surface area contributed by atoms with Gasteiger partial charge in [0.1, 0.15) is 0 Å². The van der Waals surface area contributed by atoms with Gasteiger partial charge in [0.05, 0.1) is 16.4 Å². The van der Waals surface area contributed by atoms with Crippen LogP contribution in [-0.4, -0.2) is 18.1 Å². The van der Waals surface area contributed by atoms with Crippen molar-refractivity contribution in [1.29, 1.82) is 0 Å². The van der Waals surface area contributed by atoms with E-state index in [1.165, 1.54) is 11.3 Å². The fourth-order valence-electron chi connectivity index (χ4n) is 1.59. The summed E-state index contributed by atoms with van der Waals surface area (Å²) in [5.74, 6) is -1.46. The van der Waals surface area contributed by atoms with Crippen LogP contribution in [0.1, 0.15) is 5.01 Å². The molecule has 1 heterocycles. The molecule has 0 saturated heterocycles. The van der Waals surface area contributed by atoms with E-state index in [1.807, 2.05) is 5.38 Å². The molecule has 0 aliphatic rings. The normalized spacial score (nSPS) is 10.8. The first-order chi connectivity index (χ1) is 9.56. The predicted molar refractivity (Wildman–Crippen MR) is 71.8 cm³/mol. The lowest BCUT2D eigenvalue weighted by atomic mass is 10.2. The molecule has 0 saturated carbocycles. The van der Waals surface area contributed by atoms with E-state index in [2.05, 4.69) is 15.0 Å². The number of alkyl halides is 2. The molecular formula is C12H12F3N3OS. The molecule has 0 fully saturated rings. The van der Waals surface area contributed by atoms with Crippen LogP contribution in [0.15, 0.2) is 23.7 Å². The molecule has 3 N–H and O–H groups in total. The van der Waals surface area contributed by atoms with E-state index < -0.39 is 18.2 Å². The number of halogens is 3. The number of nitrogens with two attached hydrogens (primary N) is 1. The molecule has 0 unspecified atom stereocenters. The van der Waals surface area contributed by atoms with Crippen LogP contribution in [-0.2, 0) is 6.42 Å². The first-order valence-electron chi connectivity index (χ1n) is 5.72.